The smallest absolute Gasteiger partial charge is 0.493 e. The summed E-state index contributed by atoms with van der Waals surface area (Å²) < 4.78 is 84.2. The molecule has 0 atom stereocenters. The predicted molar refractivity (Wildman–Crippen MR) is 156 cm³/mol. The van der Waals surface area contributed by atoms with E-state index in [9.17, 15) is 26.2 Å². The number of allylic oxidation sites excluding steroid dienone is 2. The molecular formula is C28H28Cl2F3O7PS. The maximum Gasteiger partial charge on any atom is 0.524 e. The fourth-order valence-electron chi connectivity index (χ4n) is 4.08. The Hall–Kier alpha value is -2.53. The lowest BCUT2D eigenvalue weighted by molar-refractivity contribution is -0.119. The van der Waals surface area contributed by atoms with Crippen LogP contribution in [0.2, 0.25) is 10.0 Å². The lowest BCUT2D eigenvalue weighted by Gasteiger charge is -2.18. The third kappa shape index (κ3) is 11.6. The number of hydrogen-bond donors (Lipinski definition) is 2. The Morgan fingerprint density at radius 1 is 0.881 bits per heavy atom. The van der Waals surface area contributed by atoms with Crippen LogP contribution in [-0.4, -0.2) is 42.5 Å². The lowest BCUT2D eigenvalue weighted by atomic mass is 9.88. The van der Waals surface area contributed by atoms with E-state index in [0.29, 0.717) is 40.3 Å². The summed E-state index contributed by atoms with van der Waals surface area (Å²) in [6.45, 7) is -0.117. The Labute approximate surface area is 252 Å². The van der Waals surface area contributed by atoms with E-state index >= 15 is 0 Å². The van der Waals surface area contributed by atoms with Crippen LogP contribution >= 0.6 is 31.0 Å². The summed E-state index contributed by atoms with van der Waals surface area (Å²) in [4.78, 5) is 17.4. The third-order valence-corrected chi connectivity index (χ3v) is 8.74. The maximum atomic E-state index is 12.9. The molecule has 0 unspecified atom stereocenters. The van der Waals surface area contributed by atoms with Crippen LogP contribution in [0.4, 0.5) is 13.2 Å². The van der Waals surface area contributed by atoms with Gasteiger partial charge in [0.2, 0.25) is 5.76 Å². The fraction of sp³-hybridized carbons (Fsp3) is 0.286. The number of rotatable bonds is 14. The summed E-state index contributed by atoms with van der Waals surface area (Å²) in [5.41, 5.74) is 2.39. The zero-order valence-electron chi connectivity index (χ0n) is 22.0. The van der Waals surface area contributed by atoms with Gasteiger partial charge in [-0.1, -0.05) is 59.6 Å². The average molecular weight is 667 g/mol. The molecule has 0 aliphatic carbocycles. The van der Waals surface area contributed by atoms with Crippen molar-refractivity contribution in [2.45, 2.75) is 31.4 Å². The molecule has 228 valence electrons. The highest BCUT2D eigenvalue weighted by Crippen LogP contribution is 2.43. The second kappa shape index (κ2) is 14.8. The van der Waals surface area contributed by atoms with Gasteiger partial charge in [-0.3, -0.25) is 9.79 Å². The van der Waals surface area contributed by atoms with Crippen molar-refractivity contribution in [3.63, 3.8) is 0 Å². The molecule has 3 aromatic carbocycles. The Morgan fingerprint density at radius 3 is 1.88 bits per heavy atom. The Morgan fingerprint density at radius 2 is 1.40 bits per heavy atom. The van der Waals surface area contributed by atoms with E-state index in [1.165, 1.54) is 24.3 Å². The molecule has 0 aliphatic rings. The second-order valence-corrected chi connectivity index (χ2v) is 13.6. The van der Waals surface area contributed by atoms with Crippen molar-refractivity contribution < 1.29 is 45.2 Å². The van der Waals surface area contributed by atoms with Gasteiger partial charge in [0, 0.05) is 16.0 Å². The molecule has 7 nitrogen and oxygen atoms in total. The number of alkyl halides is 3. The van der Waals surface area contributed by atoms with Gasteiger partial charge in [-0.15, -0.1) is 0 Å². The summed E-state index contributed by atoms with van der Waals surface area (Å²) in [6, 6.07) is 20.6. The van der Waals surface area contributed by atoms with Crippen molar-refractivity contribution in [3.05, 3.63) is 111 Å². The number of phosphoric acid groups is 1. The molecule has 14 heteroatoms. The van der Waals surface area contributed by atoms with E-state index in [-0.39, 0.29) is 30.5 Å². The Balaban J connectivity index is 1.52. The standard InChI is InChI=1S/C28H28Cl2F3O7PS/c29-23-10-6-21(7-11-23)26(22-8-12-24(30)13-9-22)2-1-18-42(37,38)19-17-39-25-14-3-20(4-15-25)5-16-27(28(31,32)33)40-41(34,35)36/h3-4,6-16,26H,1-2,5,17-19H2,(H2,34,35,36)/b27-16-. The molecule has 2 N–H and O–H groups in total. The predicted octanol–water partition coefficient (Wildman–Crippen LogP) is 7.50. The van der Waals surface area contributed by atoms with E-state index in [4.69, 9.17) is 37.7 Å². The van der Waals surface area contributed by atoms with Crippen molar-refractivity contribution in [2.24, 2.45) is 0 Å². The zero-order valence-corrected chi connectivity index (χ0v) is 25.2. The van der Waals surface area contributed by atoms with Crippen LogP contribution in [0.1, 0.15) is 35.4 Å². The maximum absolute atomic E-state index is 12.9. The summed E-state index contributed by atoms with van der Waals surface area (Å²) >= 11 is 12.1. The highest BCUT2D eigenvalue weighted by atomic mass is 35.5. The molecule has 3 aromatic rings. The van der Waals surface area contributed by atoms with Crippen molar-refractivity contribution >= 4 is 40.9 Å². The van der Waals surface area contributed by atoms with E-state index < -0.39 is 29.6 Å². The van der Waals surface area contributed by atoms with E-state index in [2.05, 4.69) is 4.52 Å². The third-order valence-electron chi connectivity index (χ3n) is 6.10. The first kappa shape index (κ1) is 34.0. The van der Waals surface area contributed by atoms with Gasteiger partial charge in [0.1, 0.15) is 12.4 Å². The minimum atomic E-state index is -5.38. The van der Waals surface area contributed by atoms with Crippen molar-refractivity contribution in [2.75, 3.05) is 18.1 Å². The molecule has 0 heterocycles. The van der Waals surface area contributed by atoms with Crippen molar-refractivity contribution in [1.29, 1.82) is 0 Å². The first-order valence-corrected chi connectivity index (χ1v) is 16.7. The van der Waals surface area contributed by atoms with Crippen LogP contribution in [0.3, 0.4) is 0 Å². The number of hydrogen-bond acceptors (Lipinski definition) is 5. The van der Waals surface area contributed by atoms with Gasteiger partial charge in [-0.05, 0) is 78.4 Å². The van der Waals surface area contributed by atoms with Crippen LogP contribution in [0.5, 0.6) is 5.75 Å². The molecule has 3 rings (SSSR count). The molecule has 0 spiro atoms. The normalized spacial score (nSPS) is 12.9. The average Bonchev–Trinajstić information content (AvgIpc) is 2.90. The Bertz CT molecular complexity index is 1440. The molecule has 0 aromatic heterocycles. The largest absolute Gasteiger partial charge is 0.524 e. The number of phosphoric ester groups is 1. The molecule has 0 amide bonds. The Kier molecular flexibility index (Phi) is 11.9. The van der Waals surface area contributed by atoms with Gasteiger partial charge >= 0.3 is 14.0 Å². The van der Waals surface area contributed by atoms with Crippen LogP contribution in [0.15, 0.2) is 84.6 Å². The van der Waals surface area contributed by atoms with Gasteiger partial charge in [0.25, 0.3) is 0 Å². The second-order valence-electron chi connectivity index (χ2n) is 9.29. The van der Waals surface area contributed by atoms with Crippen LogP contribution < -0.4 is 4.74 Å². The molecule has 0 bridgehead atoms. The fourth-order valence-corrected chi connectivity index (χ4v) is 5.91. The minimum absolute atomic E-state index is 0.0441. The number of ether oxygens (including phenoxy) is 1. The van der Waals surface area contributed by atoms with Gasteiger partial charge in [-0.25, -0.2) is 13.0 Å². The number of sulfone groups is 1. The zero-order chi connectivity index (χ0) is 31.0. The van der Waals surface area contributed by atoms with Crippen LogP contribution in [0.25, 0.3) is 0 Å². The highest BCUT2D eigenvalue weighted by Gasteiger charge is 2.39. The molecule has 0 saturated carbocycles. The minimum Gasteiger partial charge on any atom is -0.493 e. The molecule has 0 radical (unpaired) electrons. The molecule has 42 heavy (non-hydrogen) atoms. The van der Waals surface area contributed by atoms with Crippen molar-refractivity contribution in [1.82, 2.24) is 0 Å². The topological polar surface area (TPSA) is 110 Å². The van der Waals surface area contributed by atoms with Gasteiger partial charge in [0.15, 0.2) is 9.84 Å². The molecular weight excluding hydrogens is 639 g/mol. The molecule has 0 fully saturated rings. The first-order valence-electron chi connectivity index (χ1n) is 12.6. The first-order chi connectivity index (χ1) is 19.6. The lowest BCUT2D eigenvalue weighted by Crippen LogP contribution is -2.18. The van der Waals surface area contributed by atoms with E-state index in [0.717, 1.165) is 11.1 Å². The van der Waals surface area contributed by atoms with Crippen LogP contribution in [0, 0.1) is 0 Å². The molecule has 0 aliphatic heterocycles. The number of benzene rings is 3. The van der Waals surface area contributed by atoms with Crippen molar-refractivity contribution in [3.8, 4) is 5.75 Å². The molecule has 0 saturated heterocycles. The quantitative estimate of drug-likeness (QED) is 0.135. The summed E-state index contributed by atoms with van der Waals surface area (Å²) in [7, 11) is -8.82. The van der Waals surface area contributed by atoms with E-state index in [1.807, 2.05) is 24.3 Å². The van der Waals surface area contributed by atoms with E-state index in [1.54, 1.807) is 24.3 Å². The highest BCUT2D eigenvalue weighted by molar-refractivity contribution is 7.91. The summed E-state index contributed by atoms with van der Waals surface area (Å²) in [6.07, 6.45) is -3.90. The monoisotopic (exact) mass is 666 g/mol. The summed E-state index contributed by atoms with van der Waals surface area (Å²) in [5.74, 6) is -1.80. The van der Waals surface area contributed by atoms with Gasteiger partial charge in [-0.2, -0.15) is 13.2 Å². The van der Waals surface area contributed by atoms with Crippen LogP contribution in [-0.2, 0) is 25.3 Å². The SMILES string of the molecule is O=P(O)(O)O/C(=C\Cc1ccc(OCCS(=O)(=O)CCCC(c2ccc(Cl)cc2)c2ccc(Cl)cc2)cc1)C(F)(F)F. The summed E-state index contributed by atoms with van der Waals surface area (Å²) in [5, 5.41) is 1.21. The number of halogens is 5. The van der Waals surface area contributed by atoms with Gasteiger partial charge in [0.05, 0.1) is 11.5 Å². The van der Waals surface area contributed by atoms with Gasteiger partial charge < -0.3 is 9.26 Å².